The van der Waals surface area contributed by atoms with Gasteiger partial charge in [-0.05, 0) is 31.5 Å². The van der Waals surface area contributed by atoms with Crippen LogP contribution >= 0.6 is 0 Å². The van der Waals surface area contributed by atoms with Crippen molar-refractivity contribution in [1.82, 2.24) is 24.6 Å². The number of aryl methyl sites for hydroxylation is 1. The predicted octanol–water partition coefficient (Wildman–Crippen LogP) is 0.436. The average molecular weight is 347 g/mol. The van der Waals surface area contributed by atoms with Crippen LogP contribution in [-0.2, 0) is 24.8 Å². The van der Waals surface area contributed by atoms with E-state index in [9.17, 15) is 9.90 Å². The standard InChI is InChI=1S/C17H25N5O3/c1-20(10-14-5-3-8-25-14)16(23)11-22-7-4-6-17(24,12-22)9-15-19-18-13-21(15)2/h3,5,8,13,24H,4,6-7,9-12H2,1-2H3. The molecule has 1 unspecified atom stereocenters. The molecule has 2 aromatic heterocycles. The van der Waals surface area contributed by atoms with Crippen molar-refractivity contribution in [3.63, 3.8) is 0 Å². The number of likely N-dealkylation sites (tertiary alicyclic amines) is 1. The molecular weight excluding hydrogens is 322 g/mol. The van der Waals surface area contributed by atoms with Crippen molar-refractivity contribution in [2.24, 2.45) is 7.05 Å². The molecule has 0 aliphatic carbocycles. The summed E-state index contributed by atoms with van der Waals surface area (Å²) >= 11 is 0. The first-order valence-corrected chi connectivity index (χ1v) is 8.49. The SMILES string of the molecule is CN(Cc1ccco1)C(=O)CN1CCCC(O)(Cc2nncn2C)C1. The molecule has 0 aromatic carbocycles. The summed E-state index contributed by atoms with van der Waals surface area (Å²) in [6.07, 6.45) is 5.23. The molecule has 0 radical (unpaired) electrons. The highest BCUT2D eigenvalue weighted by molar-refractivity contribution is 5.77. The topological polar surface area (TPSA) is 87.6 Å². The van der Waals surface area contributed by atoms with Crippen molar-refractivity contribution in [3.8, 4) is 0 Å². The van der Waals surface area contributed by atoms with Gasteiger partial charge in [0, 0.05) is 27.1 Å². The fourth-order valence-electron chi connectivity index (χ4n) is 3.28. The molecule has 3 heterocycles. The van der Waals surface area contributed by atoms with Crippen molar-refractivity contribution in [2.45, 2.75) is 31.4 Å². The lowest BCUT2D eigenvalue weighted by Gasteiger charge is -2.39. The molecule has 25 heavy (non-hydrogen) atoms. The van der Waals surface area contributed by atoms with Crippen molar-refractivity contribution < 1.29 is 14.3 Å². The molecule has 8 heteroatoms. The van der Waals surface area contributed by atoms with Gasteiger partial charge >= 0.3 is 0 Å². The molecule has 0 bridgehead atoms. The summed E-state index contributed by atoms with van der Waals surface area (Å²) < 4.78 is 7.10. The number of nitrogens with zero attached hydrogens (tertiary/aromatic N) is 5. The second kappa shape index (κ2) is 7.37. The molecule has 1 fully saturated rings. The van der Waals surface area contributed by atoms with Crippen LogP contribution in [0, 0.1) is 0 Å². The summed E-state index contributed by atoms with van der Waals surface area (Å²) in [6.45, 7) is 2.00. The van der Waals surface area contributed by atoms with E-state index in [0.29, 0.717) is 32.5 Å². The van der Waals surface area contributed by atoms with Crippen LogP contribution in [0.3, 0.4) is 0 Å². The minimum absolute atomic E-state index is 0.0132. The molecule has 1 amide bonds. The van der Waals surface area contributed by atoms with Crippen molar-refractivity contribution in [3.05, 3.63) is 36.3 Å². The number of hydrogen-bond donors (Lipinski definition) is 1. The summed E-state index contributed by atoms with van der Waals surface area (Å²) in [7, 11) is 3.63. The van der Waals surface area contributed by atoms with Crippen LogP contribution in [0.1, 0.15) is 24.4 Å². The third kappa shape index (κ3) is 4.46. The Morgan fingerprint density at radius 3 is 3.04 bits per heavy atom. The van der Waals surface area contributed by atoms with E-state index in [0.717, 1.165) is 24.6 Å². The molecule has 1 aliphatic heterocycles. The van der Waals surface area contributed by atoms with Gasteiger partial charge in [0.15, 0.2) is 0 Å². The highest BCUT2D eigenvalue weighted by Crippen LogP contribution is 2.24. The van der Waals surface area contributed by atoms with Gasteiger partial charge in [0.25, 0.3) is 0 Å². The van der Waals surface area contributed by atoms with Gasteiger partial charge in [0.1, 0.15) is 17.9 Å². The molecule has 0 spiro atoms. The minimum atomic E-state index is -0.876. The maximum atomic E-state index is 12.5. The van der Waals surface area contributed by atoms with Crippen molar-refractivity contribution >= 4 is 5.91 Å². The Morgan fingerprint density at radius 2 is 2.36 bits per heavy atom. The number of rotatable bonds is 6. The fourth-order valence-corrected chi connectivity index (χ4v) is 3.28. The van der Waals surface area contributed by atoms with E-state index < -0.39 is 5.60 Å². The normalized spacial score (nSPS) is 21.4. The van der Waals surface area contributed by atoms with E-state index in [2.05, 4.69) is 10.2 Å². The Hall–Kier alpha value is -2.19. The Morgan fingerprint density at radius 1 is 1.52 bits per heavy atom. The van der Waals surface area contributed by atoms with Crippen LogP contribution in [0.2, 0.25) is 0 Å². The van der Waals surface area contributed by atoms with Gasteiger partial charge in [-0.2, -0.15) is 0 Å². The number of piperidine rings is 1. The number of furan rings is 1. The van der Waals surface area contributed by atoms with E-state index in [1.54, 1.807) is 24.5 Å². The Bertz CT molecular complexity index is 699. The molecular formula is C17H25N5O3. The van der Waals surface area contributed by atoms with E-state index in [4.69, 9.17) is 4.42 Å². The first-order chi connectivity index (χ1) is 12.0. The molecule has 3 rings (SSSR count). The van der Waals surface area contributed by atoms with Crippen molar-refractivity contribution in [2.75, 3.05) is 26.7 Å². The van der Waals surface area contributed by atoms with E-state index >= 15 is 0 Å². The zero-order valence-corrected chi connectivity index (χ0v) is 14.8. The first-order valence-electron chi connectivity index (χ1n) is 8.49. The van der Waals surface area contributed by atoms with Gasteiger partial charge in [0.2, 0.25) is 5.91 Å². The smallest absolute Gasteiger partial charge is 0.236 e. The Labute approximate surface area is 147 Å². The maximum absolute atomic E-state index is 12.5. The van der Waals surface area contributed by atoms with Crippen molar-refractivity contribution in [1.29, 1.82) is 0 Å². The predicted molar refractivity (Wildman–Crippen MR) is 90.5 cm³/mol. The molecule has 1 N–H and O–H groups in total. The van der Waals surface area contributed by atoms with Gasteiger partial charge in [-0.15, -0.1) is 10.2 Å². The number of β-amino-alcohol motifs (C(OH)–C–C–N with tert-alkyl or cyclic N) is 1. The van der Waals surface area contributed by atoms with Crippen LogP contribution in [0.25, 0.3) is 0 Å². The number of likely N-dealkylation sites (N-methyl/N-ethyl adjacent to an activating group) is 1. The molecule has 136 valence electrons. The zero-order chi connectivity index (χ0) is 17.9. The second-order valence-electron chi connectivity index (χ2n) is 6.90. The minimum Gasteiger partial charge on any atom is -0.467 e. The monoisotopic (exact) mass is 347 g/mol. The molecule has 1 atom stereocenters. The Kier molecular flexibility index (Phi) is 5.19. The largest absolute Gasteiger partial charge is 0.467 e. The molecule has 0 saturated carbocycles. The summed E-state index contributed by atoms with van der Waals surface area (Å²) in [5.41, 5.74) is -0.876. The lowest BCUT2D eigenvalue weighted by atomic mass is 9.89. The number of aromatic nitrogens is 3. The van der Waals surface area contributed by atoms with E-state index in [-0.39, 0.29) is 5.91 Å². The third-order valence-electron chi connectivity index (χ3n) is 4.68. The van der Waals surface area contributed by atoms with E-state index in [1.807, 2.05) is 28.6 Å². The summed E-state index contributed by atoms with van der Waals surface area (Å²) in [5, 5.41) is 18.9. The highest BCUT2D eigenvalue weighted by atomic mass is 16.3. The van der Waals surface area contributed by atoms with Gasteiger partial charge in [-0.1, -0.05) is 0 Å². The molecule has 1 aliphatic rings. The summed E-state index contributed by atoms with van der Waals surface area (Å²) in [4.78, 5) is 16.1. The van der Waals surface area contributed by atoms with E-state index in [1.165, 1.54) is 0 Å². The fraction of sp³-hybridized carbons (Fsp3) is 0.588. The van der Waals surface area contributed by atoms with Gasteiger partial charge < -0.3 is 19.0 Å². The van der Waals surface area contributed by atoms with Crippen LogP contribution in [-0.4, -0.2) is 67.9 Å². The van der Waals surface area contributed by atoms with Crippen LogP contribution in [0.15, 0.2) is 29.1 Å². The molecule has 8 nitrogen and oxygen atoms in total. The first kappa shape index (κ1) is 17.6. The highest BCUT2D eigenvalue weighted by Gasteiger charge is 2.35. The zero-order valence-electron chi connectivity index (χ0n) is 14.8. The number of amides is 1. The average Bonchev–Trinajstić information content (AvgIpc) is 3.19. The van der Waals surface area contributed by atoms with Gasteiger partial charge in [0.05, 0.1) is 25.0 Å². The second-order valence-corrected chi connectivity index (χ2v) is 6.90. The summed E-state index contributed by atoms with van der Waals surface area (Å²) in [5.74, 6) is 1.53. The number of hydrogen-bond acceptors (Lipinski definition) is 6. The lowest BCUT2D eigenvalue weighted by Crippen LogP contribution is -2.52. The van der Waals surface area contributed by atoms with Crippen LogP contribution in [0.5, 0.6) is 0 Å². The molecule has 2 aromatic rings. The van der Waals surface area contributed by atoms with Gasteiger partial charge in [-0.3, -0.25) is 9.69 Å². The number of aliphatic hydroxyl groups is 1. The Balaban J connectivity index is 1.55. The lowest BCUT2D eigenvalue weighted by molar-refractivity contribution is -0.133. The summed E-state index contributed by atoms with van der Waals surface area (Å²) in [6, 6.07) is 3.66. The van der Waals surface area contributed by atoms with Gasteiger partial charge in [-0.25, -0.2) is 0 Å². The molecule has 1 saturated heterocycles. The number of carbonyl (C=O) groups is 1. The maximum Gasteiger partial charge on any atom is 0.236 e. The number of carbonyl (C=O) groups excluding carboxylic acids is 1. The quantitative estimate of drug-likeness (QED) is 0.816. The van der Waals surface area contributed by atoms with Crippen LogP contribution < -0.4 is 0 Å². The van der Waals surface area contributed by atoms with Crippen LogP contribution in [0.4, 0.5) is 0 Å². The third-order valence-corrected chi connectivity index (χ3v) is 4.68.